The molecule has 0 radical (unpaired) electrons. The fourth-order valence-electron chi connectivity index (χ4n) is 3.85. The SMILES string of the molecule is COc1ccc(C)cc1NC(=O)C(c1ccccc1)N1CCN(C(=O)C(C)C)CC1. The van der Waals surface area contributed by atoms with Crippen molar-refractivity contribution in [3.8, 4) is 5.75 Å². The highest BCUT2D eigenvalue weighted by Gasteiger charge is 2.32. The molecule has 0 bridgehead atoms. The van der Waals surface area contributed by atoms with Gasteiger partial charge < -0.3 is 15.0 Å². The average Bonchev–Trinajstić information content (AvgIpc) is 2.75. The van der Waals surface area contributed by atoms with Crippen LogP contribution in [-0.2, 0) is 9.59 Å². The maximum absolute atomic E-state index is 13.4. The van der Waals surface area contributed by atoms with E-state index in [1.165, 1.54) is 0 Å². The molecule has 0 saturated carbocycles. The first-order valence-corrected chi connectivity index (χ1v) is 10.4. The van der Waals surface area contributed by atoms with Gasteiger partial charge in [-0.2, -0.15) is 0 Å². The molecule has 1 saturated heterocycles. The number of carbonyl (C=O) groups is 2. The van der Waals surface area contributed by atoms with Gasteiger partial charge in [0.05, 0.1) is 12.8 Å². The predicted octanol–water partition coefficient (Wildman–Crippen LogP) is 3.48. The molecule has 2 aromatic carbocycles. The van der Waals surface area contributed by atoms with Crippen molar-refractivity contribution in [1.29, 1.82) is 0 Å². The Labute approximate surface area is 178 Å². The average molecular weight is 410 g/mol. The van der Waals surface area contributed by atoms with Crippen molar-refractivity contribution in [2.45, 2.75) is 26.8 Å². The lowest BCUT2D eigenvalue weighted by Crippen LogP contribution is -2.52. The molecule has 1 fully saturated rings. The van der Waals surface area contributed by atoms with Gasteiger partial charge >= 0.3 is 0 Å². The van der Waals surface area contributed by atoms with E-state index in [1.807, 2.05) is 74.2 Å². The van der Waals surface area contributed by atoms with Gasteiger partial charge in [-0.15, -0.1) is 0 Å². The van der Waals surface area contributed by atoms with E-state index in [9.17, 15) is 9.59 Å². The normalized spacial score (nSPS) is 15.7. The zero-order chi connectivity index (χ0) is 21.7. The van der Waals surface area contributed by atoms with E-state index in [0.717, 1.165) is 11.1 Å². The monoisotopic (exact) mass is 409 g/mol. The van der Waals surface area contributed by atoms with Gasteiger partial charge in [-0.25, -0.2) is 0 Å². The summed E-state index contributed by atoms with van der Waals surface area (Å²) >= 11 is 0. The van der Waals surface area contributed by atoms with Crippen LogP contribution in [0.5, 0.6) is 5.75 Å². The molecule has 2 amide bonds. The van der Waals surface area contributed by atoms with E-state index < -0.39 is 6.04 Å². The molecule has 1 N–H and O–H groups in total. The first-order valence-electron chi connectivity index (χ1n) is 10.4. The Balaban J connectivity index is 1.82. The van der Waals surface area contributed by atoms with E-state index in [4.69, 9.17) is 4.74 Å². The van der Waals surface area contributed by atoms with Crippen LogP contribution in [0.15, 0.2) is 48.5 Å². The number of piperazine rings is 1. The second kappa shape index (κ2) is 9.76. The Hall–Kier alpha value is -2.86. The Morgan fingerprint density at radius 2 is 1.67 bits per heavy atom. The Morgan fingerprint density at radius 3 is 2.27 bits per heavy atom. The van der Waals surface area contributed by atoms with Crippen LogP contribution in [0.2, 0.25) is 0 Å². The molecule has 1 aliphatic rings. The highest BCUT2D eigenvalue weighted by atomic mass is 16.5. The van der Waals surface area contributed by atoms with Crippen molar-refractivity contribution in [3.05, 3.63) is 59.7 Å². The van der Waals surface area contributed by atoms with E-state index in [1.54, 1.807) is 7.11 Å². The zero-order valence-corrected chi connectivity index (χ0v) is 18.2. The molecule has 6 nitrogen and oxygen atoms in total. The third kappa shape index (κ3) is 5.00. The molecule has 0 spiro atoms. The highest BCUT2D eigenvalue weighted by molar-refractivity contribution is 5.97. The standard InChI is InChI=1S/C24H31N3O3/c1-17(2)24(29)27-14-12-26(13-15-27)22(19-8-6-5-7-9-19)23(28)25-20-16-18(3)10-11-21(20)30-4/h5-11,16-17,22H,12-15H2,1-4H3,(H,25,28). The molecule has 0 aromatic heterocycles. The molecule has 2 aromatic rings. The fourth-order valence-corrected chi connectivity index (χ4v) is 3.85. The van der Waals surface area contributed by atoms with Gasteiger partial charge in [0.15, 0.2) is 0 Å². The molecule has 160 valence electrons. The Kier molecular flexibility index (Phi) is 7.11. The van der Waals surface area contributed by atoms with Gasteiger partial charge in [0.25, 0.3) is 0 Å². The summed E-state index contributed by atoms with van der Waals surface area (Å²) in [5.74, 6) is 0.681. The summed E-state index contributed by atoms with van der Waals surface area (Å²) in [6, 6.07) is 15.1. The number of ether oxygens (including phenoxy) is 1. The second-order valence-corrected chi connectivity index (χ2v) is 8.02. The lowest BCUT2D eigenvalue weighted by molar-refractivity contribution is -0.137. The van der Waals surface area contributed by atoms with Gasteiger partial charge in [-0.05, 0) is 30.2 Å². The summed E-state index contributed by atoms with van der Waals surface area (Å²) in [6.45, 7) is 8.37. The number of carbonyl (C=O) groups excluding carboxylic acids is 2. The van der Waals surface area contributed by atoms with E-state index in [-0.39, 0.29) is 17.7 Å². The number of benzene rings is 2. The molecule has 1 heterocycles. The largest absolute Gasteiger partial charge is 0.495 e. The summed E-state index contributed by atoms with van der Waals surface area (Å²) in [5.41, 5.74) is 2.64. The second-order valence-electron chi connectivity index (χ2n) is 8.02. The summed E-state index contributed by atoms with van der Waals surface area (Å²) in [4.78, 5) is 29.8. The lowest BCUT2D eigenvalue weighted by Gasteiger charge is -2.39. The minimum atomic E-state index is -0.437. The number of nitrogens with one attached hydrogen (secondary N) is 1. The fraction of sp³-hybridized carbons (Fsp3) is 0.417. The number of hydrogen-bond acceptors (Lipinski definition) is 4. The summed E-state index contributed by atoms with van der Waals surface area (Å²) in [6.07, 6.45) is 0. The molecular formula is C24H31N3O3. The minimum Gasteiger partial charge on any atom is -0.495 e. The van der Waals surface area contributed by atoms with Crippen LogP contribution in [0, 0.1) is 12.8 Å². The summed E-state index contributed by atoms with van der Waals surface area (Å²) in [5, 5.41) is 3.06. The quantitative estimate of drug-likeness (QED) is 0.793. The van der Waals surface area contributed by atoms with E-state index >= 15 is 0 Å². The number of methoxy groups -OCH3 is 1. The van der Waals surface area contributed by atoms with Gasteiger partial charge in [0.2, 0.25) is 11.8 Å². The molecule has 1 aliphatic heterocycles. The summed E-state index contributed by atoms with van der Waals surface area (Å²) in [7, 11) is 1.60. The van der Waals surface area contributed by atoms with Gasteiger partial charge in [0, 0.05) is 32.1 Å². The third-order valence-corrected chi connectivity index (χ3v) is 5.46. The number of amides is 2. The Bertz CT molecular complexity index is 875. The van der Waals surface area contributed by atoms with Crippen LogP contribution >= 0.6 is 0 Å². The smallest absolute Gasteiger partial charge is 0.246 e. The number of nitrogens with zero attached hydrogens (tertiary/aromatic N) is 2. The van der Waals surface area contributed by atoms with Crippen molar-refractivity contribution >= 4 is 17.5 Å². The lowest BCUT2D eigenvalue weighted by atomic mass is 10.0. The first kappa shape index (κ1) is 21.8. The highest BCUT2D eigenvalue weighted by Crippen LogP contribution is 2.29. The van der Waals surface area contributed by atoms with Crippen LogP contribution in [0.1, 0.15) is 31.0 Å². The summed E-state index contributed by atoms with van der Waals surface area (Å²) < 4.78 is 5.42. The third-order valence-electron chi connectivity index (χ3n) is 5.46. The van der Waals surface area contributed by atoms with Crippen LogP contribution < -0.4 is 10.1 Å². The van der Waals surface area contributed by atoms with Crippen LogP contribution in [0.3, 0.4) is 0 Å². The van der Waals surface area contributed by atoms with E-state index in [2.05, 4.69) is 10.2 Å². The molecule has 1 atom stereocenters. The molecule has 3 rings (SSSR count). The molecule has 1 unspecified atom stereocenters. The van der Waals surface area contributed by atoms with Crippen molar-refractivity contribution in [2.75, 3.05) is 38.6 Å². The van der Waals surface area contributed by atoms with Crippen LogP contribution in [0.25, 0.3) is 0 Å². The first-order chi connectivity index (χ1) is 14.4. The number of aryl methyl sites for hydroxylation is 1. The number of hydrogen-bond donors (Lipinski definition) is 1. The van der Waals surface area contributed by atoms with Crippen molar-refractivity contribution < 1.29 is 14.3 Å². The molecule has 0 aliphatic carbocycles. The van der Waals surface area contributed by atoms with Gasteiger partial charge in [0.1, 0.15) is 11.8 Å². The van der Waals surface area contributed by atoms with Crippen molar-refractivity contribution in [3.63, 3.8) is 0 Å². The van der Waals surface area contributed by atoms with Crippen LogP contribution in [-0.4, -0.2) is 54.9 Å². The van der Waals surface area contributed by atoms with E-state index in [0.29, 0.717) is 37.6 Å². The van der Waals surface area contributed by atoms with Crippen molar-refractivity contribution in [1.82, 2.24) is 9.80 Å². The minimum absolute atomic E-state index is 0.0152. The van der Waals surface area contributed by atoms with Gasteiger partial charge in [-0.1, -0.05) is 50.2 Å². The number of rotatable bonds is 6. The number of anilines is 1. The topological polar surface area (TPSA) is 61.9 Å². The molecular weight excluding hydrogens is 378 g/mol. The van der Waals surface area contributed by atoms with Crippen LogP contribution in [0.4, 0.5) is 5.69 Å². The predicted molar refractivity (Wildman–Crippen MR) is 119 cm³/mol. The maximum Gasteiger partial charge on any atom is 0.246 e. The zero-order valence-electron chi connectivity index (χ0n) is 18.2. The maximum atomic E-state index is 13.4. The van der Waals surface area contributed by atoms with Crippen molar-refractivity contribution in [2.24, 2.45) is 5.92 Å². The molecule has 6 heteroatoms. The Morgan fingerprint density at radius 1 is 1.00 bits per heavy atom. The molecule has 30 heavy (non-hydrogen) atoms. The van der Waals surface area contributed by atoms with Gasteiger partial charge in [-0.3, -0.25) is 14.5 Å².